The number of amides is 1. The number of hydrogen-bond donors (Lipinski definition) is 1. The van der Waals surface area contributed by atoms with E-state index in [2.05, 4.69) is 27.8 Å². The van der Waals surface area contributed by atoms with Gasteiger partial charge in [0, 0.05) is 10.2 Å². The molecule has 13 heavy (non-hydrogen) atoms. The second kappa shape index (κ2) is 4.23. The Hall–Kier alpha value is -1.09. The van der Waals surface area contributed by atoms with Crippen LogP contribution in [0.2, 0.25) is 0 Å². The Morgan fingerprint density at radius 3 is 2.77 bits per heavy atom. The van der Waals surface area contributed by atoms with Crippen molar-refractivity contribution in [3.63, 3.8) is 0 Å². The lowest BCUT2D eigenvalue weighted by Gasteiger charge is -2.03. The normalized spacial score (nSPS) is 9.38. The summed E-state index contributed by atoms with van der Waals surface area (Å²) in [6.07, 6.45) is 1.25. The minimum absolute atomic E-state index is 0.197. The Labute approximate surface area is 85.8 Å². The summed E-state index contributed by atoms with van der Waals surface area (Å²) in [7, 11) is 0. The van der Waals surface area contributed by atoms with Crippen LogP contribution in [0.15, 0.2) is 35.3 Å². The summed E-state index contributed by atoms with van der Waals surface area (Å²) in [5.74, 6) is -0.197. The molecule has 0 saturated carbocycles. The van der Waals surface area contributed by atoms with Gasteiger partial charge in [-0.3, -0.25) is 4.79 Å². The molecular formula is C10H10BrNO. The average Bonchev–Trinajstić information content (AvgIpc) is 2.02. The van der Waals surface area contributed by atoms with Crippen molar-refractivity contribution >= 4 is 27.5 Å². The average molecular weight is 240 g/mol. The molecule has 0 heterocycles. The second-order valence-electron chi connectivity index (χ2n) is 2.71. The van der Waals surface area contributed by atoms with Crippen LogP contribution in [0.1, 0.15) is 5.56 Å². The van der Waals surface area contributed by atoms with Gasteiger partial charge in [-0.15, -0.1) is 0 Å². The topological polar surface area (TPSA) is 29.1 Å². The van der Waals surface area contributed by atoms with Gasteiger partial charge in [-0.25, -0.2) is 0 Å². The maximum atomic E-state index is 11.0. The van der Waals surface area contributed by atoms with Gasteiger partial charge in [0.1, 0.15) is 0 Å². The molecule has 0 unspecified atom stereocenters. The largest absolute Gasteiger partial charge is 0.322 e. The predicted octanol–water partition coefficient (Wildman–Crippen LogP) is 2.88. The molecule has 0 aliphatic carbocycles. The van der Waals surface area contributed by atoms with E-state index in [1.54, 1.807) is 0 Å². The number of aryl methyl sites for hydroxylation is 1. The molecule has 0 fully saturated rings. The summed E-state index contributed by atoms with van der Waals surface area (Å²) >= 11 is 3.35. The van der Waals surface area contributed by atoms with Crippen molar-refractivity contribution in [2.24, 2.45) is 0 Å². The molecule has 0 spiro atoms. The number of nitrogens with one attached hydrogen (secondary N) is 1. The molecule has 0 aromatic heterocycles. The van der Waals surface area contributed by atoms with Crippen LogP contribution in [0, 0.1) is 6.92 Å². The van der Waals surface area contributed by atoms with E-state index in [9.17, 15) is 4.79 Å². The summed E-state index contributed by atoms with van der Waals surface area (Å²) < 4.78 is 0.951. The van der Waals surface area contributed by atoms with E-state index in [1.807, 2.05) is 25.1 Å². The van der Waals surface area contributed by atoms with Crippen LogP contribution in [0.3, 0.4) is 0 Å². The zero-order valence-corrected chi connectivity index (χ0v) is 8.89. The van der Waals surface area contributed by atoms with Crippen LogP contribution in [0.4, 0.5) is 5.69 Å². The lowest BCUT2D eigenvalue weighted by molar-refractivity contribution is -0.111. The number of carbonyl (C=O) groups excluding carboxylic acids is 1. The fourth-order valence-corrected chi connectivity index (χ4v) is 1.61. The molecule has 3 heteroatoms. The van der Waals surface area contributed by atoms with Crippen LogP contribution in [-0.4, -0.2) is 5.91 Å². The number of carbonyl (C=O) groups is 1. The zero-order chi connectivity index (χ0) is 9.84. The van der Waals surface area contributed by atoms with Crippen molar-refractivity contribution in [3.05, 3.63) is 40.9 Å². The highest BCUT2D eigenvalue weighted by molar-refractivity contribution is 9.10. The first-order chi connectivity index (χ1) is 6.11. The summed E-state index contributed by atoms with van der Waals surface area (Å²) in [5, 5.41) is 2.69. The van der Waals surface area contributed by atoms with Crippen LogP contribution in [0.25, 0.3) is 0 Å². The molecule has 0 saturated heterocycles. The highest BCUT2D eigenvalue weighted by atomic mass is 79.9. The maximum Gasteiger partial charge on any atom is 0.247 e. The molecule has 2 nitrogen and oxygen atoms in total. The van der Waals surface area contributed by atoms with E-state index in [1.165, 1.54) is 6.08 Å². The van der Waals surface area contributed by atoms with Crippen molar-refractivity contribution in [2.75, 3.05) is 5.32 Å². The molecule has 1 aromatic carbocycles. The molecule has 0 bridgehead atoms. The van der Waals surface area contributed by atoms with Gasteiger partial charge in [0.2, 0.25) is 5.91 Å². The number of anilines is 1. The van der Waals surface area contributed by atoms with Gasteiger partial charge < -0.3 is 5.32 Å². The molecule has 0 aliphatic rings. The number of hydrogen-bond acceptors (Lipinski definition) is 1. The van der Waals surface area contributed by atoms with Crippen LogP contribution in [0.5, 0.6) is 0 Å². The van der Waals surface area contributed by atoms with E-state index >= 15 is 0 Å². The lowest BCUT2D eigenvalue weighted by atomic mass is 10.2. The quantitative estimate of drug-likeness (QED) is 0.791. The van der Waals surface area contributed by atoms with Crippen molar-refractivity contribution in [3.8, 4) is 0 Å². The maximum absolute atomic E-state index is 11.0. The third kappa shape index (κ3) is 3.03. The smallest absolute Gasteiger partial charge is 0.247 e. The van der Waals surface area contributed by atoms with Crippen molar-refractivity contribution in [2.45, 2.75) is 6.92 Å². The van der Waals surface area contributed by atoms with Gasteiger partial charge in [0.05, 0.1) is 0 Å². The summed E-state index contributed by atoms with van der Waals surface area (Å²) in [6, 6.07) is 5.71. The second-order valence-corrected chi connectivity index (χ2v) is 3.63. The van der Waals surface area contributed by atoms with E-state index in [0.29, 0.717) is 0 Å². The minimum Gasteiger partial charge on any atom is -0.322 e. The first kappa shape index (κ1) is 9.99. The molecule has 0 radical (unpaired) electrons. The van der Waals surface area contributed by atoms with Gasteiger partial charge in [0.25, 0.3) is 0 Å². The number of rotatable bonds is 2. The molecule has 1 aromatic rings. The van der Waals surface area contributed by atoms with E-state index in [0.717, 1.165) is 15.7 Å². The number of benzene rings is 1. The summed E-state index contributed by atoms with van der Waals surface area (Å²) in [6.45, 7) is 5.34. The fraction of sp³-hybridized carbons (Fsp3) is 0.100. The molecular weight excluding hydrogens is 230 g/mol. The van der Waals surface area contributed by atoms with Gasteiger partial charge in [-0.05, 0) is 36.8 Å². The van der Waals surface area contributed by atoms with Crippen LogP contribution in [-0.2, 0) is 4.79 Å². The van der Waals surface area contributed by atoms with Crippen molar-refractivity contribution < 1.29 is 4.79 Å². The first-order valence-electron chi connectivity index (χ1n) is 3.82. The molecule has 1 amide bonds. The summed E-state index contributed by atoms with van der Waals surface area (Å²) in [5.41, 5.74) is 1.87. The highest BCUT2D eigenvalue weighted by Gasteiger charge is 1.98. The Morgan fingerprint density at radius 2 is 2.23 bits per heavy atom. The molecule has 1 N–H and O–H groups in total. The van der Waals surface area contributed by atoms with E-state index in [-0.39, 0.29) is 5.91 Å². The highest BCUT2D eigenvalue weighted by Crippen LogP contribution is 2.18. The van der Waals surface area contributed by atoms with Gasteiger partial charge in [0.15, 0.2) is 0 Å². The van der Waals surface area contributed by atoms with E-state index < -0.39 is 0 Å². The Balaban J connectivity index is 2.89. The third-order valence-electron chi connectivity index (χ3n) is 1.50. The van der Waals surface area contributed by atoms with Gasteiger partial charge in [-0.2, -0.15) is 0 Å². The van der Waals surface area contributed by atoms with Gasteiger partial charge in [-0.1, -0.05) is 22.5 Å². The van der Waals surface area contributed by atoms with Gasteiger partial charge >= 0.3 is 0 Å². The Morgan fingerprint density at radius 1 is 1.54 bits per heavy atom. The lowest BCUT2D eigenvalue weighted by Crippen LogP contribution is -2.07. The SMILES string of the molecule is C=CC(=O)Nc1cc(C)cc(Br)c1. The van der Waals surface area contributed by atoms with E-state index in [4.69, 9.17) is 0 Å². The van der Waals surface area contributed by atoms with Crippen molar-refractivity contribution in [1.29, 1.82) is 0 Å². The standard InChI is InChI=1S/C10H10BrNO/c1-3-10(13)12-9-5-7(2)4-8(11)6-9/h3-6H,1H2,2H3,(H,12,13). The zero-order valence-electron chi connectivity index (χ0n) is 7.30. The summed E-state index contributed by atoms with van der Waals surface area (Å²) in [4.78, 5) is 11.0. The molecule has 68 valence electrons. The monoisotopic (exact) mass is 239 g/mol. The number of halogens is 1. The van der Waals surface area contributed by atoms with Crippen LogP contribution < -0.4 is 5.32 Å². The third-order valence-corrected chi connectivity index (χ3v) is 1.95. The first-order valence-corrected chi connectivity index (χ1v) is 4.62. The molecule has 0 aliphatic heterocycles. The Kier molecular flexibility index (Phi) is 3.25. The predicted molar refractivity (Wildman–Crippen MR) is 57.7 cm³/mol. The fourth-order valence-electron chi connectivity index (χ4n) is 1.00. The van der Waals surface area contributed by atoms with Crippen LogP contribution >= 0.6 is 15.9 Å². The van der Waals surface area contributed by atoms with Crippen molar-refractivity contribution in [1.82, 2.24) is 0 Å². The Bertz CT molecular complexity index is 327. The molecule has 0 atom stereocenters. The minimum atomic E-state index is -0.197. The molecule has 1 rings (SSSR count).